The number of halogens is 4. The Morgan fingerprint density at radius 1 is 0.724 bits per heavy atom. The van der Waals surface area contributed by atoms with Crippen LogP contribution < -0.4 is 0 Å². The lowest BCUT2D eigenvalue weighted by Crippen LogP contribution is -2.39. The Labute approximate surface area is 186 Å². The molecule has 3 aromatic rings. The van der Waals surface area contributed by atoms with Gasteiger partial charge in [0.25, 0.3) is 10.1 Å². The lowest BCUT2D eigenvalue weighted by Gasteiger charge is -2.34. The highest BCUT2D eigenvalue weighted by molar-refractivity contribution is 7.87. The van der Waals surface area contributed by atoms with E-state index < -0.39 is 31.9 Å². The van der Waals surface area contributed by atoms with E-state index in [-0.39, 0.29) is 31.2 Å². The summed E-state index contributed by atoms with van der Waals surface area (Å²) in [7, 11) is -5.14. The summed E-state index contributed by atoms with van der Waals surface area (Å²) >= 11 is 24.6. The zero-order valence-corrected chi connectivity index (χ0v) is 18.1. The number of rotatable bonds is 4. The van der Waals surface area contributed by atoms with Crippen molar-refractivity contribution in [3.05, 3.63) is 91.4 Å². The third kappa shape index (κ3) is 3.65. The second-order valence-electron chi connectivity index (χ2n) is 6.08. The zero-order valence-electron chi connectivity index (χ0n) is 14.3. The van der Waals surface area contributed by atoms with Crippen molar-refractivity contribution in [1.82, 2.24) is 0 Å². The van der Waals surface area contributed by atoms with Crippen LogP contribution in [0.15, 0.2) is 54.6 Å². The van der Waals surface area contributed by atoms with Gasteiger partial charge in [-0.05, 0) is 24.3 Å². The first-order valence-electron chi connectivity index (χ1n) is 7.89. The minimum atomic E-state index is -5.14. The van der Waals surface area contributed by atoms with Gasteiger partial charge in [0, 0.05) is 37.8 Å². The van der Waals surface area contributed by atoms with E-state index in [1.165, 1.54) is 36.4 Å². The van der Waals surface area contributed by atoms with Gasteiger partial charge in [-0.2, -0.15) is 8.42 Å². The number of hydrogen-bond donors (Lipinski definition) is 3. The smallest absolute Gasteiger partial charge is 0.283 e. The summed E-state index contributed by atoms with van der Waals surface area (Å²) in [5, 5.41) is 20.4. The van der Waals surface area contributed by atoms with Crippen LogP contribution in [0, 0.1) is 0 Å². The molecule has 0 aromatic heterocycles. The topological polar surface area (TPSA) is 94.8 Å². The molecule has 0 heterocycles. The van der Waals surface area contributed by atoms with Gasteiger partial charge in [-0.3, -0.25) is 4.55 Å². The molecule has 1 unspecified atom stereocenters. The Kier molecular flexibility index (Phi) is 5.98. The van der Waals surface area contributed by atoms with Crippen LogP contribution in [0.4, 0.5) is 0 Å². The second kappa shape index (κ2) is 7.87. The minimum absolute atomic E-state index is 0.0463. The number of hydrogen-bond acceptors (Lipinski definition) is 4. The molecule has 1 atom stereocenters. The van der Waals surface area contributed by atoms with Crippen LogP contribution in [0.5, 0.6) is 11.5 Å². The lowest BCUT2D eigenvalue weighted by atomic mass is 9.83. The van der Waals surface area contributed by atoms with Crippen molar-refractivity contribution in [2.45, 2.75) is 4.75 Å². The zero-order chi connectivity index (χ0) is 21.6. The molecule has 0 aliphatic carbocycles. The Morgan fingerprint density at radius 3 is 1.93 bits per heavy atom. The number of phenols is 2. The highest BCUT2D eigenvalue weighted by Crippen LogP contribution is 2.53. The average Bonchev–Trinajstić information content (AvgIpc) is 2.61. The Hall–Kier alpha value is -1.67. The fourth-order valence-electron chi connectivity index (χ4n) is 3.23. The van der Waals surface area contributed by atoms with Crippen molar-refractivity contribution in [1.29, 1.82) is 0 Å². The normalized spacial score (nSPS) is 13.8. The summed E-state index contributed by atoms with van der Waals surface area (Å²) in [6.45, 7) is 0. The highest BCUT2D eigenvalue weighted by atomic mass is 35.5. The van der Waals surface area contributed by atoms with Crippen LogP contribution in [0.1, 0.15) is 16.7 Å². The highest BCUT2D eigenvalue weighted by Gasteiger charge is 2.52. The van der Waals surface area contributed by atoms with Crippen molar-refractivity contribution in [2.75, 3.05) is 0 Å². The quantitative estimate of drug-likeness (QED) is 0.239. The molecule has 0 saturated heterocycles. The SMILES string of the molecule is O=S(=O)(O)C(c1ccccc1Cl)(c1ccc(Cl)cc1Cl)c1cc(O)cc(Cl)c1O. The van der Waals surface area contributed by atoms with Gasteiger partial charge in [0.1, 0.15) is 11.5 Å². The van der Waals surface area contributed by atoms with Crippen LogP contribution in [0.2, 0.25) is 20.1 Å². The standard InChI is InChI=1S/C19H12Cl4O5S/c20-10-5-6-13(16(22)7-10)19(29(26,27)28,12-3-1-2-4-15(12)21)14-8-11(24)9-17(23)18(14)25/h1-9,24-25H,(H,26,27,28). The predicted molar refractivity (Wildman–Crippen MR) is 114 cm³/mol. The van der Waals surface area contributed by atoms with Gasteiger partial charge in [-0.25, -0.2) is 0 Å². The molecule has 0 aliphatic heterocycles. The maximum absolute atomic E-state index is 13.0. The molecule has 0 amide bonds. The minimum Gasteiger partial charge on any atom is -0.508 e. The van der Waals surface area contributed by atoms with E-state index in [0.29, 0.717) is 0 Å². The first-order valence-corrected chi connectivity index (χ1v) is 10.8. The van der Waals surface area contributed by atoms with Crippen molar-refractivity contribution in [3.63, 3.8) is 0 Å². The number of aromatic hydroxyl groups is 2. The molecule has 0 spiro atoms. The van der Waals surface area contributed by atoms with Crippen molar-refractivity contribution >= 4 is 56.5 Å². The molecule has 0 fully saturated rings. The van der Waals surface area contributed by atoms with Crippen LogP contribution in [0.3, 0.4) is 0 Å². The largest absolute Gasteiger partial charge is 0.508 e. The van der Waals surface area contributed by atoms with E-state index in [0.717, 1.165) is 12.1 Å². The molecule has 5 nitrogen and oxygen atoms in total. The van der Waals surface area contributed by atoms with E-state index in [1.54, 1.807) is 6.07 Å². The van der Waals surface area contributed by atoms with Gasteiger partial charge in [0.15, 0.2) is 4.75 Å². The molecule has 0 radical (unpaired) electrons. The number of phenolic OH excluding ortho intramolecular Hbond substituents is 2. The maximum Gasteiger partial charge on any atom is 0.283 e. The van der Waals surface area contributed by atoms with Gasteiger partial charge >= 0.3 is 0 Å². The first-order chi connectivity index (χ1) is 13.5. The number of benzene rings is 3. The fourth-order valence-corrected chi connectivity index (χ4v) is 5.73. The van der Waals surface area contributed by atoms with E-state index in [9.17, 15) is 23.2 Å². The van der Waals surface area contributed by atoms with E-state index >= 15 is 0 Å². The Balaban J connectivity index is 2.66. The molecule has 3 N–H and O–H groups in total. The summed E-state index contributed by atoms with van der Waals surface area (Å²) in [6.07, 6.45) is 0. The van der Waals surface area contributed by atoms with Crippen molar-refractivity contribution in [2.24, 2.45) is 0 Å². The van der Waals surface area contributed by atoms with E-state index in [1.807, 2.05) is 0 Å². The molecular weight excluding hydrogens is 482 g/mol. The Bertz CT molecular complexity index is 1210. The van der Waals surface area contributed by atoms with Gasteiger partial charge in [-0.15, -0.1) is 0 Å². The van der Waals surface area contributed by atoms with Crippen LogP contribution >= 0.6 is 46.4 Å². The summed E-state index contributed by atoms with van der Waals surface area (Å²) < 4.78 is 33.9. The maximum atomic E-state index is 13.0. The first kappa shape index (κ1) is 22.0. The predicted octanol–water partition coefficient (Wildman–Crippen LogP) is 5.89. The summed E-state index contributed by atoms with van der Waals surface area (Å²) in [5.41, 5.74) is -0.719. The van der Waals surface area contributed by atoms with Gasteiger partial charge in [0.2, 0.25) is 0 Å². The van der Waals surface area contributed by atoms with Gasteiger partial charge in [0.05, 0.1) is 5.02 Å². The van der Waals surface area contributed by atoms with Crippen LogP contribution in [0.25, 0.3) is 0 Å². The van der Waals surface area contributed by atoms with E-state index in [2.05, 4.69) is 0 Å². The summed E-state index contributed by atoms with van der Waals surface area (Å²) in [5.74, 6) is -1.14. The molecule has 29 heavy (non-hydrogen) atoms. The van der Waals surface area contributed by atoms with Crippen molar-refractivity contribution in [3.8, 4) is 11.5 Å². The molecule has 152 valence electrons. The van der Waals surface area contributed by atoms with E-state index in [4.69, 9.17) is 46.4 Å². The Morgan fingerprint density at radius 2 is 1.34 bits per heavy atom. The molecule has 0 bridgehead atoms. The van der Waals surface area contributed by atoms with Crippen LogP contribution in [-0.2, 0) is 14.9 Å². The third-order valence-electron chi connectivity index (χ3n) is 4.38. The summed E-state index contributed by atoms with van der Waals surface area (Å²) in [4.78, 5) is 0. The van der Waals surface area contributed by atoms with Gasteiger partial charge < -0.3 is 10.2 Å². The van der Waals surface area contributed by atoms with Crippen LogP contribution in [-0.4, -0.2) is 23.2 Å². The lowest BCUT2D eigenvalue weighted by molar-refractivity contribution is 0.435. The average molecular weight is 494 g/mol. The third-order valence-corrected chi connectivity index (χ3v) is 6.98. The monoisotopic (exact) mass is 492 g/mol. The summed E-state index contributed by atoms with van der Waals surface area (Å²) in [6, 6.07) is 11.7. The second-order valence-corrected chi connectivity index (χ2v) is 9.30. The van der Waals surface area contributed by atoms with Gasteiger partial charge in [-0.1, -0.05) is 70.7 Å². The molecule has 0 aliphatic rings. The molecule has 3 rings (SSSR count). The molecular formula is C19H12Cl4O5S. The molecule has 0 saturated carbocycles. The van der Waals surface area contributed by atoms with Crippen molar-refractivity contribution < 1.29 is 23.2 Å². The molecule has 3 aromatic carbocycles. The molecule has 10 heteroatoms. The fraction of sp³-hybridized carbons (Fsp3) is 0.0526.